The largest absolute Gasteiger partial charge is 0.288 e. The number of aromatic nitrogens is 3. The van der Waals surface area contributed by atoms with Crippen LogP contribution in [0.1, 0.15) is 21.5 Å². The van der Waals surface area contributed by atoms with Crippen LogP contribution in [-0.4, -0.2) is 20.5 Å². The number of hydrogen-bond donors (Lipinski definition) is 0. The summed E-state index contributed by atoms with van der Waals surface area (Å²) in [5, 5.41) is 14.4. The van der Waals surface area contributed by atoms with Gasteiger partial charge in [0.05, 0.1) is 5.69 Å². The van der Waals surface area contributed by atoms with Gasteiger partial charge in [0.15, 0.2) is 0 Å². The predicted octanol–water partition coefficient (Wildman–Crippen LogP) is 5.03. The molecule has 0 aliphatic rings. The van der Waals surface area contributed by atoms with E-state index in [1.807, 2.05) is 67.7 Å². The molecular formula is C25H18N4O. The molecule has 0 unspecified atom stereocenters. The maximum absolute atomic E-state index is 13.0. The highest BCUT2D eigenvalue weighted by Gasteiger charge is 2.17. The van der Waals surface area contributed by atoms with E-state index < -0.39 is 0 Å². The number of nitrogens with zero attached hydrogens (tertiary/aromatic N) is 4. The number of benzene rings is 2. The minimum atomic E-state index is -0.305. The number of Topliss-reactive ketones (excluding diaryl/α,β-unsaturated/α-hetero) is 1. The Morgan fingerprint density at radius 1 is 1.03 bits per heavy atom. The quantitative estimate of drug-likeness (QED) is 0.272. The fourth-order valence-electron chi connectivity index (χ4n) is 3.21. The zero-order valence-electron chi connectivity index (χ0n) is 16.4. The van der Waals surface area contributed by atoms with Crippen LogP contribution in [0.25, 0.3) is 23.0 Å². The van der Waals surface area contributed by atoms with Crippen LogP contribution >= 0.6 is 0 Å². The SMILES string of the molecule is Cc1ccccc1C(=O)/C(C#N)=C/c1cn(-c2ccccc2)nc1-c1cccnc1. The van der Waals surface area contributed by atoms with E-state index in [1.54, 1.807) is 35.3 Å². The Bertz CT molecular complexity index is 1270. The summed E-state index contributed by atoms with van der Waals surface area (Å²) in [6, 6.07) is 22.7. The number of rotatable bonds is 5. The van der Waals surface area contributed by atoms with Crippen molar-refractivity contribution in [3.05, 3.63) is 108 Å². The average molecular weight is 390 g/mol. The van der Waals surface area contributed by atoms with Crippen molar-refractivity contribution in [2.45, 2.75) is 6.92 Å². The van der Waals surface area contributed by atoms with Crippen molar-refractivity contribution in [2.24, 2.45) is 0 Å². The first-order valence-corrected chi connectivity index (χ1v) is 9.45. The smallest absolute Gasteiger partial charge is 0.203 e. The second-order valence-electron chi connectivity index (χ2n) is 6.77. The Hall–Kier alpha value is -4.30. The van der Waals surface area contributed by atoms with Gasteiger partial charge in [-0.3, -0.25) is 9.78 Å². The highest BCUT2D eigenvalue weighted by atomic mass is 16.1. The van der Waals surface area contributed by atoms with Gasteiger partial charge in [-0.2, -0.15) is 10.4 Å². The van der Waals surface area contributed by atoms with Crippen LogP contribution in [-0.2, 0) is 0 Å². The summed E-state index contributed by atoms with van der Waals surface area (Å²) in [4.78, 5) is 17.2. The molecule has 0 fully saturated rings. The summed E-state index contributed by atoms with van der Waals surface area (Å²) in [6.45, 7) is 1.86. The number of carbonyl (C=O) groups is 1. The van der Waals surface area contributed by atoms with Crippen LogP contribution in [0.15, 0.2) is 90.9 Å². The second-order valence-corrected chi connectivity index (χ2v) is 6.77. The third kappa shape index (κ3) is 3.80. The molecule has 0 radical (unpaired) electrons. The molecule has 2 aromatic heterocycles. The van der Waals surface area contributed by atoms with E-state index >= 15 is 0 Å². The monoisotopic (exact) mass is 390 g/mol. The van der Waals surface area contributed by atoms with E-state index in [-0.39, 0.29) is 11.4 Å². The van der Waals surface area contributed by atoms with Gasteiger partial charge in [-0.25, -0.2) is 4.68 Å². The molecule has 0 saturated carbocycles. The number of allylic oxidation sites excluding steroid dienone is 1. The Morgan fingerprint density at radius 2 is 1.80 bits per heavy atom. The molecule has 2 aromatic carbocycles. The van der Waals surface area contributed by atoms with E-state index in [1.165, 1.54) is 0 Å². The molecule has 0 atom stereocenters. The maximum Gasteiger partial charge on any atom is 0.203 e. The summed E-state index contributed by atoms with van der Waals surface area (Å²) < 4.78 is 1.74. The minimum absolute atomic E-state index is 0.0575. The Morgan fingerprint density at radius 3 is 2.50 bits per heavy atom. The van der Waals surface area contributed by atoms with Gasteiger partial charge in [-0.1, -0.05) is 42.5 Å². The first-order chi connectivity index (χ1) is 14.7. The number of carbonyl (C=O) groups excluding carboxylic acids is 1. The van der Waals surface area contributed by atoms with Crippen LogP contribution in [0.2, 0.25) is 0 Å². The topological polar surface area (TPSA) is 71.6 Å². The first kappa shape index (κ1) is 19.0. The lowest BCUT2D eigenvalue weighted by Crippen LogP contribution is -2.04. The normalized spacial score (nSPS) is 11.1. The molecule has 0 saturated heterocycles. The molecular weight excluding hydrogens is 372 g/mol. The van der Waals surface area contributed by atoms with Crippen LogP contribution < -0.4 is 0 Å². The Labute approximate surface area is 174 Å². The lowest BCUT2D eigenvalue weighted by molar-refractivity contribution is 0.103. The van der Waals surface area contributed by atoms with Crippen LogP contribution in [0, 0.1) is 18.3 Å². The summed E-state index contributed by atoms with van der Waals surface area (Å²) in [6.07, 6.45) is 6.82. The van der Waals surface area contributed by atoms with Gasteiger partial charge in [0, 0.05) is 35.3 Å². The minimum Gasteiger partial charge on any atom is -0.288 e. The number of ketones is 1. The molecule has 0 aliphatic carbocycles. The fourth-order valence-corrected chi connectivity index (χ4v) is 3.21. The third-order valence-electron chi connectivity index (χ3n) is 4.75. The van der Waals surface area contributed by atoms with Gasteiger partial charge < -0.3 is 0 Å². The van der Waals surface area contributed by atoms with E-state index in [9.17, 15) is 10.1 Å². The first-order valence-electron chi connectivity index (χ1n) is 9.45. The van der Waals surface area contributed by atoms with E-state index in [4.69, 9.17) is 5.10 Å². The number of pyridine rings is 1. The summed E-state index contributed by atoms with van der Waals surface area (Å²) in [7, 11) is 0. The zero-order valence-corrected chi connectivity index (χ0v) is 16.4. The predicted molar refractivity (Wildman–Crippen MR) is 116 cm³/mol. The second kappa shape index (κ2) is 8.38. The molecule has 0 N–H and O–H groups in total. The fraction of sp³-hybridized carbons (Fsp3) is 0.0400. The van der Waals surface area contributed by atoms with Crippen molar-refractivity contribution in [1.82, 2.24) is 14.8 Å². The van der Waals surface area contributed by atoms with Gasteiger partial charge in [0.25, 0.3) is 0 Å². The van der Waals surface area contributed by atoms with Crippen LogP contribution in [0.5, 0.6) is 0 Å². The van der Waals surface area contributed by atoms with E-state index in [0.29, 0.717) is 16.8 Å². The van der Waals surface area contributed by atoms with Crippen molar-refractivity contribution in [1.29, 1.82) is 5.26 Å². The lowest BCUT2D eigenvalue weighted by atomic mass is 9.98. The molecule has 4 rings (SSSR count). The number of nitriles is 1. The molecule has 2 heterocycles. The number of hydrogen-bond acceptors (Lipinski definition) is 4. The molecule has 4 aromatic rings. The zero-order chi connectivity index (χ0) is 20.9. The van der Waals surface area contributed by atoms with Crippen molar-refractivity contribution < 1.29 is 4.79 Å². The molecule has 0 spiro atoms. The number of para-hydroxylation sites is 1. The molecule has 0 amide bonds. The van der Waals surface area contributed by atoms with Gasteiger partial charge in [0.1, 0.15) is 17.3 Å². The lowest BCUT2D eigenvalue weighted by Gasteiger charge is -2.03. The summed E-state index contributed by atoms with van der Waals surface area (Å²) >= 11 is 0. The molecule has 30 heavy (non-hydrogen) atoms. The highest BCUT2D eigenvalue weighted by Crippen LogP contribution is 2.26. The van der Waals surface area contributed by atoms with Crippen LogP contribution in [0.4, 0.5) is 0 Å². The maximum atomic E-state index is 13.0. The summed E-state index contributed by atoms with van der Waals surface area (Å²) in [5.41, 5.74) is 4.41. The van der Waals surface area contributed by atoms with Gasteiger partial charge in [0.2, 0.25) is 5.78 Å². The van der Waals surface area contributed by atoms with Crippen molar-refractivity contribution >= 4 is 11.9 Å². The van der Waals surface area contributed by atoms with Crippen molar-refractivity contribution in [3.63, 3.8) is 0 Å². The van der Waals surface area contributed by atoms with E-state index in [0.717, 1.165) is 16.8 Å². The van der Waals surface area contributed by atoms with Crippen LogP contribution in [0.3, 0.4) is 0 Å². The Kier molecular flexibility index (Phi) is 5.31. The number of aryl methyl sites for hydroxylation is 1. The molecule has 0 bridgehead atoms. The van der Waals surface area contributed by atoms with E-state index in [2.05, 4.69) is 11.1 Å². The van der Waals surface area contributed by atoms with Crippen molar-refractivity contribution in [2.75, 3.05) is 0 Å². The molecule has 144 valence electrons. The molecule has 5 heteroatoms. The molecule has 0 aliphatic heterocycles. The summed E-state index contributed by atoms with van der Waals surface area (Å²) in [5.74, 6) is -0.305. The van der Waals surface area contributed by atoms with Gasteiger partial charge in [-0.15, -0.1) is 0 Å². The van der Waals surface area contributed by atoms with Gasteiger partial charge in [-0.05, 0) is 42.8 Å². The third-order valence-corrected chi connectivity index (χ3v) is 4.75. The highest BCUT2D eigenvalue weighted by molar-refractivity contribution is 6.15. The van der Waals surface area contributed by atoms with Gasteiger partial charge >= 0.3 is 0 Å². The standard InChI is InChI=1S/C25H18N4O/c1-18-8-5-6-12-23(18)25(30)20(15-26)14-21-17-29(22-10-3-2-4-11-22)28-24(21)19-9-7-13-27-16-19/h2-14,16-17H,1H3/b20-14+. The average Bonchev–Trinajstić information content (AvgIpc) is 3.22. The molecule has 5 nitrogen and oxygen atoms in total. The van der Waals surface area contributed by atoms with Crippen molar-refractivity contribution in [3.8, 4) is 23.0 Å². The Balaban J connectivity index is 1.84.